The van der Waals surface area contributed by atoms with E-state index in [1.54, 1.807) is 11.8 Å². The van der Waals surface area contributed by atoms with Crippen LogP contribution in [-0.2, 0) is 19.6 Å². The number of hydrogen-bond donors (Lipinski definition) is 0. The average Bonchev–Trinajstić information content (AvgIpc) is 2.46. The molecule has 1 heterocycles. The van der Waals surface area contributed by atoms with Crippen molar-refractivity contribution >= 4 is 11.8 Å². The van der Waals surface area contributed by atoms with Crippen LogP contribution in [0, 0.1) is 0 Å². The first-order valence-corrected chi connectivity index (χ1v) is 5.97. The van der Waals surface area contributed by atoms with E-state index in [-0.39, 0.29) is 4.75 Å². The van der Waals surface area contributed by atoms with Crippen LogP contribution < -0.4 is 0 Å². The van der Waals surface area contributed by atoms with Gasteiger partial charge in [-0.3, -0.25) is 0 Å². The van der Waals surface area contributed by atoms with Gasteiger partial charge in [-0.25, -0.2) is 9.78 Å². The molecule has 0 aromatic carbocycles. The fraction of sp³-hybridized carbons (Fsp3) is 0.800. The van der Waals surface area contributed by atoms with Gasteiger partial charge in [0.1, 0.15) is 13.2 Å². The SMILES string of the molecule is C=CCCSC(C)(C)C1OOCCOO1. The van der Waals surface area contributed by atoms with Crippen LogP contribution in [0.5, 0.6) is 0 Å². The quantitative estimate of drug-likeness (QED) is 0.414. The lowest BCUT2D eigenvalue weighted by Crippen LogP contribution is -2.37. The minimum Gasteiger partial charge on any atom is -0.231 e. The topological polar surface area (TPSA) is 36.9 Å². The van der Waals surface area contributed by atoms with Gasteiger partial charge in [0.25, 0.3) is 0 Å². The van der Waals surface area contributed by atoms with E-state index in [0.29, 0.717) is 13.2 Å². The molecule has 0 N–H and O–H groups in total. The molecule has 1 saturated heterocycles. The first kappa shape index (κ1) is 13.0. The van der Waals surface area contributed by atoms with Crippen molar-refractivity contribution in [2.45, 2.75) is 31.3 Å². The summed E-state index contributed by atoms with van der Waals surface area (Å²) in [5.41, 5.74) is 0. The van der Waals surface area contributed by atoms with Crippen molar-refractivity contribution in [1.29, 1.82) is 0 Å². The van der Waals surface area contributed by atoms with E-state index in [0.717, 1.165) is 12.2 Å². The summed E-state index contributed by atoms with van der Waals surface area (Å²) in [4.78, 5) is 20.0. The Hall–Kier alpha value is -0.0700. The molecule has 88 valence electrons. The molecule has 1 fully saturated rings. The molecule has 1 aliphatic rings. The van der Waals surface area contributed by atoms with Gasteiger partial charge in [-0.05, 0) is 26.0 Å². The highest BCUT2D eigenvalue weighted by atomic mass is 32.2. The molecule has 0 unspecified atom stereocenters. The third kappa shape index (κ3) is 4.53. The molecule has 0 radical (unpaired) electrons. The van der Waals surface area contributed by atoms with Gasteiger partial charge >= 0.3 is 0 Å². The zero-order valence-electron chi connectivity index (χ0n) is 9.23. The maximum absolute atomic E-state index is 5.10. The van der Waals surface area contributed by atoms with Crippen LogP contribution >= 0.6 is 11.8 Å². The second-order valence-corrected chi connectivity index (χ2v) is 5.45. The van der Waals surface area contributed by atoms with Gasteiger partial charge in [0.05, 0.1) is 4.75 Å². The predicted octanol–water partition coefficient (Wildman–Crippen LogP) is 2.31. The van der Waals surface area contributed by atoms with Gasteiger partial charge in [0.2, 0.25) is 6.29 Å². The fourth-order valence-electron chi connectivity index (χ4n) is 1.01. The van der Waals surface area contributed by atoms with E-state index in [4.69, 9.17) is 19.6 Å². The lowest BCUT2D eigenvalue weighted by Gasteiger charge is -2.29. The van der Waals surface area contributed by atoms with Crippen molar-refractivity contribution in [3.63, 3.8) is 0 Å². The molecule has 0 bridgehead atoms. The van der Waals surface area contributed by atoms with Gasteiger partial charge in [-0.2, -0.15) is 9.78 Å². The molecule has 1 aliphatic heterocycles. The van der Waals surface area contributed by atoms with Crippen molar-refractivity contribution < 1.29 is 19.6 Å². The van der Waals surface area contributed by atoms with Crippen molar-refractivity contribution in [3.05, 3.63) is 12.7 Å². The molecule has 1 rings (SSSR count). The molecule has 15 heavy (non-hydrogen) atoms. The first-order valence-electron chi connectivity index (χ1n) is 4.98. The third-order valence-corrected chi connectivity index (χ3v) is 3.30. The van der Waals surface area contributed by atoms with E-state index in [1.807, 2.05) is 19.9 Å². The lowest BCUT2D eigenvalue weighted by atomic mass is 10.2. The van der Waals surface area contributed by atoms with Crippen LogP contribution in [0.3, 0.4) is 0 Å². The highest BCUT2D eigenvalue weighted by Crippen LogP contribution is 2.32. The van der Waals surface area contributed by atoms with E-state index in [2.05, 4.69) is 6.58 Å². The summed E-state index contributed by atoms with van der Waals surface area (Å²) in [6, 6.07) is 0. The third-order valence-electron chi connectivity index (χ3n) is 1.92. The van der Waals surface area contributed by atoms with Gasteiger partial charge in [-0.1, -0.05) is 6.08 Å². The summed E-state index contributed by atoms with van der Waals surface area (Å²) in [6.45, 7) is 8.53. The van der Waals surface area contributed by atoms with E-state index >= 15 is 0 Å². The Morgan fingerprint density at radius 1 is 1.33 bits per heavy atom. The second kappa shape index (κ2) is 6.50. The van der Waals surface area contributed by atoms with Crippen LogP contribution in [0.4, 0.5) is 0 Å². The Labute approximate surface area is 94.8 Å². The summed E-state index contributed by atoms with van der Waals surface area (Å²) in [5.74, 6) is 0.972. The summed E-state index contributed by atoms with van der Waals surface area (Å²) in [6.07, 6.45) is 2.35. The molecular formula is C10H18O4S. The predicted molar refractivity (Wildman–Crippen MR) is 59.2 cm³/mol. The van der Waals surface area contributed by atoms with Gasteiger partial charge in [0.15, 0.2) is 0 Å². The standard InChI is InChI=1S/C10H18O4S/c1-4-5-8-15-10(2,3)9-13-11-6-7-12-14-9/h4,9H,1,5-8H2,2-3H3. The van der Waals surface area contributed by atoms with E-state index in [1.165, 1.54) is 0 Å². The maximum atomic E-state index is 5.10. The molecular weight excluding hydrogens is 216 g/mol. The molecule has 0 atom stereocenters. The lowest BCUT2D eigenvalue weighted by molar-refractivity contribution is -0.429. The van der Waals surface area contributed by atoms with E-state index in [9.17, 15) is 0 Å². The summed E-state index contributed by atoms with van der Waals surface area (Å²) in [7, 11) is 0. The molecule has 0 aliphatic carbocycles. The minimum absolute atomic E-state index is 0.215. The fourth-order valence-corrected chi connectivity index (χ4v) is 2.03. The Kier molecular flexibility index (Phi) is 5.63. The largest absolute Gasteiger partial charge is 0.238 e. The van der Waals surface area contributed by atoms with Gasteiger partial charge in [-0.15, -0.1) is 18.3 Å². The van der Waals surface area contributed by atoms with Crippen molar-refractivity contribution in [1.82, 2.24) is 0 Å². The summed E-state index contributed by atoms with van der Waals surface area (Å²) in [5, 5.41) is 0. The molecule has 4 nitrogen and oxygen atoms in total. The molecule has 0 spiro atoms. The Morgan fingerprint density at radius 2 is 1.93 bits per heavy atom. The molecule has 0 amide bonds. The second-order valence-electron chi connectivity index (χ2n) is 3.70. The van der Waals surface area contributed by atoms with Gasteiger partial charge < -0.3 is 0 Å². The molecule has 0 saturated carbocycles. The monoisotopic (exact) mass is 234 g/mol. The normalized spacial score (nSPS) is 19.9. The Bertz CT molecular complexity index is 188. The number of hydrogen-bond acceptors (Lipinski definition) is 5. The smallest absolute Gasteiger partial charge is 0.231 e. The van der Waals surface area contributed by atoms with Crippen LogP contribution in [0.15, 0.2) is 12.7 Å². The van der Waals surface area contributed by atoms with Gasteiger partial charge in [0, 0.05) is 0 Å². The molecule has 0 aromatic rings. The van der Waals surface area contributed by atoms with Crippen molar-refractivity contribution in [3.8, 4) is 0 Å². The first-order chi connectivity index (χ1) is 7.17. The van der Waals surface area contributed by atoms with Crippen LogP contribution in [-0.4, -0.2) is 30.0 Å². The van der Waals surface area contributed by atoms with Crippen LogP contribution in [0.1, 0.15) is 20.3 Å². The van der Waals surface area contributed by atoms with Crippen molar-refractivity contribution in [2.75, 3.05) is 19.0 Å². The van der Waals surface area contributed by atoms with Crippen molar-refractivity contribution in [2.24, 2.45) is 0 Å². The highest BCUT2D eigenvalue weighted by molar-refractivity contribution is 8.00. The molecule has 5 heteroatoms. The van der Waals surface area contributed by atoms with E-state index < -0.39 is 6.29 Å². The van der Waals surface area contributed by atoms with Crippen LogP contribution in [0.25, 0.3) is 0 Å². The maximum Gasteiger partial charge on any atom is 0.238 e. The summed E-state index contributed by atoms with van der Waals surface area (Å²) < 4.78 is -0.215. The zero-order chi connectivity index (χ0) is 11.1. The Morgan fingerprint density at radius 3 is 2.47 bits per heavy atom. The number of thioether (sulfide) groups is 1. The zero-order valence-corrected chi connectivity index (χ0v) is 10.0. The van der Waals surface area contributed by atoms with Crippen LogP contribution in [0.2, 0.25) is 0 Å². The average molecular weight is 234 g/mol. The minimum atomic E-state index is -0.505. The Balaban J connectivity index is 2.38. The highest BCUT2D eigenvalue weighted by Gasteiger charge is 2.35. The molecule has 0 aromatic heterocycles. The number of rotatable bonds is 5. The summed E-state index contributed by atoms with van der Waals surface area (Å²) >= 11 is 1.74. The number of allylic oxidation sites excluding steroid dienone is 1.